The van der Waals surface area contributed by atoms with E-state index < -0.39 is 6.04 Å². The fourth-order valence-corrected chi connectivity index (χ4v) is 2.85. The molecule has 1 aromatic carbocycles. The van der Waals surface area contributed by atoms with E-state index in [2.05, 4.69) is 15.3 Å². The minimum absolute atomic E-state index is 0.294. The van der Waals surface area contributed by atoms with Gasteiger partial charge in [-0.05, 0) is 18.9 Å². The molecule has 0 aliphatic carbocycles. The standard InChI is InChI=1S/C19H21N3O3/c23-13-14-7-3-1-2-6-12-25-17-10-11-20-18(22-17)15-8-4-5-9-16(15)19(24)21-14/h4-5,8-11,13-14H,1-3,6-7,12H2,(H,21,24). The van der Waals surface area contributed by atoms with Crippen molar-refractivity contribution in [3.05, 3.63) is 42.1 Å². The lowest BCUT2D eigenvalue weighted by molar-refractivity contribution is -0.109. The second-order valence-electron chi connectivity index (χ2n) is 6.03. The fourth-order valence-electron chi connectivity index (χ4n) is 2.85. The highest BCUT2D eigenvalue weighted by molar-refractivity contribution is 6.01. The molecule has 6 heteroatoms. The van der Waals surface area contributed by atoms with Crippen molar-refractivity contribution in [1.82, 2.24) is 15.3 Å². The highest BCUT2D eigenvalue weighted by Crippen LogP contribution is 2.22. The Hall–Kier alpha value is -2.76. The summed E-state index contributed by atoms with van der Waals surface area (Å²) in [4.78, 5) is 32.6. The van der Waals surface area contributed by atoms with E-state index in [9.17, 15) is 9.59 Å². The molecule has 1 N–H and O–H groups in total. The van der Waals surface area contributed by atoms with Gasteiger partial charge in [0.2, 0.25) is 5.88 Å². The van der Waals surface area contributed by atoms with E-state index in [1.807, 2.05) is 6.07 Å². The summed E-state index contributed by atoms with van der Waals surface area (Å²) in [5, 5.41) is 2.81. The van der Waals surface area contributed by atoms with Crippen LogP contribution in [0.5, 0.6) is 5.88 Å². The summed E-state index contributed by atoms with van der Waals surface area (Å²) in [7, 11) is 0. The maximum absolute atomic E-state index is 12.7. The van der Waals surface area contributed by atoms with Crippen LogP contribution in [0.15, 0.2) is 36.5 Å². The van der Waals surface area contributed by atoms with Gasteiger partial charge in [0.1, 0.15) is 6.29 Å². The number of carbonyl (C=O) groups is 2. The van der Waals surface area contributed by atoms with E-state index in [0.29, 0.717) is 35.9 Å². The third kappa shape index (κ3) is 4.41. The van der Waals surface area contributed by atoms with Gasteiger partial charge in [0.15, 0.2) is 5.82 Å². The molecule has 25 heavy (non-hydrogen) atoms. The number of nitrogens with zero attached hydrogens (tertiary/aromatic N) is 2. The van der Waals surface area contributed by atoms with E-state index in [1.54, 1.807) is 30.5 Å². The lowest BCUT2D eigenvalue weighted by Gasteiger charge is -2.14. The Bertz CT molecular complexity index is 748. The van der Waals surface area contributed by atoms with E-state index >= 15 is 0 Å². The van der Waals surface area contributed by atoms with E-state index in [-0.39, 0.29) is 5.91 Å². The SMILES string of the molecule is O=CC1CCCCCCOc2ccnc(n2)-c2ccccc2C(=O)N1. The van der Waals surface area contributed by atoms with Crippen molar-refractivity contribution in [2.24, 2.45) is 0 Å². The first kappa shape index (κ1) is 17.1. The van der Waals surface area contributed by atoms with Crippen LogP contribution >= 0.6 is 0 Å². The van der Waals surface area contributed by atoms with Gasteiger partial charge in [-0.3, -0.25) is 4.79 Å². The maximum Gasteiger partial charge on any atom is 0.252 e. The molecule has 1 amide bonds. The second-order valence-corrected chi connectivity index (χ2v) is 6.03. The van der Waals surface area contributed by atoms with Crippen molar-refractivity contribution in [1.29, 1.82) is 0 Å². The lowest BCUT2D eigenvalue weighted by atomic mass is 10.0. The molecule has 0 spiro atoms. The van der Waals surface area contributed by atoms with Crippen LogP contribution in [-0.2, 0) is 4.79 Å². The number of ether oxygens (including phenoxy) is 1. The predicted octanol–water partition coefficient (Wildman–Crippen LogP) is 2.78. The van der Waals surface area contributed by atoms with Gasteiger partial charge in [-0.1, -0.05) is 37.5 Å². The van der Waals surface area contributed by atoms with Crippen molar-refractivity contribution >= 4 is 12.2 Å². The molecule has 0 saturated carbocycles. The molecular formula is C19H21N3O3. The van der Waals surface area contributed by atoms with Gasteiger partial charge in [0.25, 0.3) is 5.91 Å². The Morgan fingerprint density at radius 2 is 1.88 bits per heavy atom. The number of benzene rings is 1. The number of carbonyl (C=O) groups excluding carboxylic acids is 2. The summed E-state index contributed by atoms with van der Waals surface area (Å²) < 4.78 is 5.70. The molecular weight excluding hydrogens is 318 g/mol. The van der Waals surface area contributed by atoms with Gasteiger partial charge < -0.3 is 14.8 Å². The molecule has 2 bridgehead atoms. The van der Waals surface area contributed by atoms with Crippen LogP contribution in [0.2, 0.25) is 0 Å². The van der Waals surface area contributed by atoms with E-state index in [0.717, 1.165) is 32.0 Å². The predicted molar refractivity (Wildman–Crippen MR) is 93.4 cm³/mol. The fraction of sp³-hybridized carbons (Fsp3) is 0.368. The summed E-state index contributed by atoms with van der Waals surface area (Å²) in [5.74, 6) is 0.638. The number of hydrogen-bond donors (Lipinski definition) is 1. The largest absolute Gasteiger partial charge is 0.478 e. The molecule has 0 radical (unpaired) electrons. The van der Waals surface area contributed by atoms with Crippen molar-refractivity contribution in [2.45, 2.75) is 38.1 Å². The van der Waals surface area contributed by atoms with Crippen molar-refractivity contribution < 1.29 is 14.3 Å². The minimum Gasteiger partial charge on any atom is -0.478 e. The third-order valence-corrected chi connectivity index (χ3v) is 4.18. The molecule has 130 valence electrons. The zero-order valence-electron chi connectivity index (χ0n) is 14.0. The van der Waals surface area contributed by atoms with Crippen molar-refractivity contribution in [3.63, 3.8) is 0 Å². The lowest BCUT2D eigenvalue weighted by Crippen LogP contribution is -2.36. The van der Waals surface area contributed by atoms with E-state index in [1.165, 1.54) is 0 Å². The van der Waals surface area contributed by atoms with Crippen LogP contribution in [0.25, 0.3) is 11.4 Å². The molecule has 2 aromatic rings. The maximum atomic E-state index is 12.7. The zero-order valence-corrected chi connectivity index (χ0v) is 14.0. The Labute approximate surface area is 146 Å². The minimum atomic E-state index is -0.478. The average Bonchev–Trinajstić information content (AvgIpc) is 2.66. The van der Waals surface area contributed by atoms with Crippen LogP contribution in [0.1, 0.15) is 42.5 Å². The normalized spacial score (nSPS) is 18.7. The molecule has 1 aliphatic rings. The molecule has 1 aliphatic heterocycles. The summed E-state index contributed by atoms with van der Waals surface area (Å²) in [6.07, 6.45) is 6.89. The van der Waals surface area contributed by atoms with Gasteiger partial charge in [-0.25, -0.2) is 4.98 Å². The Balaban J connectivity index is 1.96. The second kappa shape index (κ2) is 8.37. The summed E-state index contributed by atoms with van der Waals surface area (Å²) in [6, 6.07) is 8.35. The van der Waals surface area contributed by atoms with Gasteiger partial charge in [-0.15, -0.1) is 0 Å². The number of hydrogen-bond acceptors (Lipinski definition) is 5. The first-order valence-corrected chi connectivity index (χ1v) is 8.59. The van der Waals surface area contributed by atoms with E-state index in [4.69, 9.17) is 4.74 Å². The van der Waals surface area contributed by atoms with Gasteiger partial charge in [0, 0.05) is 17.8 Å². The average molecular weight is 339 g/mol. The number of aromatic nitrogens is 2. The molecule has 2 heterocycles. The number of rotatable bonds is 1. The molecule has 1 atom stereocenters. The van der Waals surface area contributed by atoms with Crippen LogP contribution in [0, 0.1) is 0 Å². The van der Waals surface area contributed by atoms with Crippen LogP contribution in [0.4, 0.5) is 0 Å². The molecule has 1 aromatic heterocycles. The number of aldehydes is 1. The van der Waals surface area contributed by atoms with Crippen LogP contribution in [0.3, 0.4) is 0 Å². The van der Waals surface area contributed by atoms with Gasteiger partial charge in [0.05, 0.1) is 18.2 Å². The Kier molecular flexibility index (Phi) is 5.72. The monoisotopic (exact) mass is 339 g/mol. The highest BCUT2D eigenvalue weighted by Gasteiger charge is 2.18. The Morgan fingerprint density at radius 1 is 1.08 bits per heavy atom. The number of amides is 1. The van der Waals surface area contributed by atoms with Crippen LogP contribution in [-0.4, -0.2) is 34.8 Å². The zero-order chi connectivity index (χ0) is 17.5. The van der Waals surface area contributed by atoms with Crippen LogP contribution < -0.4 is 10.1 Å². The highest BCUT2D eigenvalue weighted by atomic mass is 16.5. The van der Waals surface area contributed by atoms with Gasteiger partial charge >= 0.3 is 0 Å². The molecule has 3 rings (SSSR count). The first-order chi connectivity index (χ1) is 12.3. The van der Waals surface area contributed by atoms with Crippen molar-refractivity contribution in [2.75, 3.05) is 6.61 Å². The molecule has 1 unspecified atom stereocenters. The summed E-state index contributed by atoms with van der Waals surface area (Å²) in [6.45, 7) is 0.590. The smallest absolute Gasteiger partial charge is 0.252 e. The molecule has 0 saturated heterocycles. The first-order valence-electron chi connectivity index (χ1n) is 8.59. The van der Waals surface area contributed by atoms with Gasteiger partial charge in [-0.2, -0.15) is 4.98 Å². The summed E-state index contributed by atoms with van der Waals surface area (Å²) in [5.41, 5.74) is 1.06. The Morgan fingerprint density at radius 3 is 2.72 bits per heavy atom. The summed E-state index contributed by atoms with van der Waals surface area (Å²) >= 11 is 0. The number of fused-ring (bicyclic) bond motifs is 4. The molecule has 0 fully saturated rings. The topological polar surface area (TPSA) is 81.2 Å². The number of nitrogens with one attached hydrogen (secondary N) is 1. The molecule has 6 nitrogen and oxygen atoms in total. The third-order valence-electron chi connectivity index (χ3n) is 4.18. The quantitative estimate of drug-likeness (QED) is 0.808. The van der Waals surface area contributed by atoms with Crippen molar-refractivity contribution in [3.8, 4) is 17.3 Å².